The lowest BCUT2D eigenvalue weighted by Crippen LogP contribution is -2.47. The van der Waals surface area contributed by atoms with Gasteiger partial charge in [-0.2, -0.15) is 0 Å². The number of aliphatic hydroxyl groups is 1. The Bertz CT molecular complexity index is 531. The lowest BCUT2D eigenvalue weighted by atomic mass is 9.96. The number of likely N-dealkylation sites (N-methyl/N-ethyl adjacent to an activating group) is 1. The maximum atomic E-state index is 9.89. The Morgan fingerprint density at radius 1 is 0.958 bits per heavy atom. The second-order valence-corrected chi connectivity index (χ2v) is 8.09. The van der Waals surface area contributed by atoms with Gasteiger partial charge in [-0.15, -0.1) is 0 Å². The minimum atomic E-state index is 0.342. The Morgan fingerprint density at radius 3 is 2.21 bits per heavy atom. The largest absolute Gasteiger partial charge is 0.396 e. The van der Waals surface area contributed by atoms with Crippen molar-refractivity contribution in [2.75, 3.05) is 59.5 Å². The van der Waals surface area contributed by atoms with E-state index in [9.17, 15) is 5.11 Å². The van der Waals surface area contributed by atoms with E-state index < -0.39 is 0 Å². The molecule has 4 nitrogen and oxygen atoms in total. The topological polar surface area (TPSA) is 30.0 Å². The zero-order valence-electron chi connectivity index (χ0n) is 14.9. The molecule has 132 valence electrons. The first-order chi connectivity index (χ1) is 11.7. The van der Waals surface area contributed by atoms with Crippen molar-refractivity contribution in [3.8, 4) is 0 Å². The highest BCUT2D eigenvalue weighted by Crippen LogP contribution is 2.32. The van der Waals surface area contributed by atoms with E-state index >= 15 is 0 Å². The molecule has 0 aromatic heterocycles. The van der Waals surface area contributed by atoms with Gasteiger partial charge in [-0.1, -0.05) is 24.3 Å². The highest BCUT2D eigenvalue weighted by molar-refractivity contribution is 5.33. The van der Waals surface area contributed by atoms with Crippen LogP contribution in [-0.2, 0) is 12.8 Å². The second kappa shape index (κ2) is 7.12. The molecule has 1 aliphatic carbocycles. The molecule has 24 heavy (non-hydrogen) atoms. The van der Waals surface area contributed by atoms with E-state index in [0.29, 0.717) is 24.5 Å². The van der Waals surface area contributed by atoms with Gasteiger partial charge in [-0.25, -0.2) is 0 Å². The van der Waals surface area contributed by atoms with Crippen molar-refractivity contribution in [3.05, 3.63) is 35.4 Å². The van der Waals surface area contributed by atoms with Crippen molar-refractivity contribution < 1.29 is 5.11 Å². The van der Waals surface area contributed by atoms with E-state index in [1.54, 1.807) is 0 Å². The fourth-order valence-electron chi connectivity index (χ4n) is 4.84. The van der Waals surface area contributed by atoms with Crippen LogP contribution in [0.4, 0.5) is 0 Å². The molecule has 1 N–H and O–H groups in total. The molecular formula is C20H31N3O. The zero-order chi connectivity index (χ0) is 16.5. The van der Waals surface area contributed by atoms with Crippen LogP contribution in [0.25, 0.3) is 0 Å². The van der Waals surface area contributed by atoms with E-state index in [1.165, 1.54) is 50.1 Å². The molecule has 0 spiro atoms. The minimum Gasteiger partial charge on any atom is -0.396 e. The average Bonchev–Trinajstić information content (AvgIpc) is 3.20. The molecule has 2 fully saturated rings. The van der Waals surface area contributed by atoms with Crippen LogP contribution in [-0.4, -0.2) is 85.3 Å². The Kier molecular flexibility index (Phi) is 4.90. The molecule has 1 aromatic rings. The Labute approximate surface area is 146 Å². The summed E-state index contributed by atoms with van der Waals surface area (Å²) >= 11 is 0. The molecule has 1 aromatic carbocycles. The maximum absolute atomic E-state index is 9.89. The van der Waals surface area contributed by atoms with Crippen LogP contribution in [0.2, 0.25) is 0 Å². The highest BCUT2D eigenvalue weighted by Gasteiger charge is 2.38. The van der Waals surface area contributed by atoms with Gasteiger partial charge in [0.2, 0.25) is 0 Å². The number of nitrogens with zero attached hydrogens (tertiary/aromatic N) is 3. The molecule has 0 bridgehead atoms. The van der Waals surface area contributed by atoms with Crippen LogP contribution >= 0.6 is 0 Å². The van der Waals surface area contributed by atoms with Crippen molar-refractivity contribution in [1.82, 2.24) is 14.7 Å². The van der Waals surface area contributed by atoms with Gasteiger partial charge < -0.3 is 14.9 Å². The van der Waals surface area contributed by atoms with Crippen LogP contribution in [0.1, 0.15) is 11.1 Å². The number of likely N-dealkylation sites (tertiary alicyclic amines) is 1. The smallest absolute Gasteiger partial charge is 0.0475 e. The molecule has 2 atom stereocenters. The molecule has 2 aliphatic heterocycles. The first-order valence-corrected chi connectivity index (χ1v) is 9.55. The quantitative estimate of drug-likeness (QED) is 0.891. The Balaban J connectivity index is 1.36. The van der Waals surface area contributed by atoms with Crippen molar-refractivity contribution in [3.63, 3.8) is 0 Å². The molecule has 0 radical (unpaired) electrons. The van der Waals surface area contributed by atoms with E-state index in [2.05, 4.69) is 46.0 Å². The zero-order valence-corrected chi connectivity index (χ0v) is 14.9. The van der Waals surface area contributed by atoms with Crippen molar-refractivity contribution in [1.29, 1.82) is 0 Å². The molecular weight excluding hydrogens is 298 g/mol. The van der Waals surface area contributed by atoms with Crippen molar-refractivity contribution in [2.24, 2.45) is 11.8 Å². The number of fused-ring (bicyclic) bond motifs is 1. The number of rotatable bonds is 4. The minimum absolute atomic E-state index is 0.342. The number of piperazine rings is 1. The van der Waals surface area contributed by atoms with Gasteiger partial charge in [-0.3, -0.25) is 4.90 Å². The lowest BCUT2D eigenvalue weighted by Gasteiger charge is -2.34. The second-order valence-electron chi connectivity index (χ2n) is 8.09. The number of hydrogen-bond acceptors (Lipinski definition) is 4. The van der Waals surface area contributed by atoms with Gasteiger partial charge in [0.15, 0.2) is 0 Å². The predicted octanol–water partition coefficient (Wildman–Crippen LogP) is 0.942. The van der Waals surface area contributed by atoms with E-state index in [0.717, 1.165) is 19.6 Å². The maximum Gasteiger partial charge on any atom is 0.0475 e. The summed E-state index contributed by atoms with van der Waals surface area (Å²) in [6, 6.07) is 9.55. The summed E-state index contributed by atoms with van der Waals surface area (Å²) in [7, 11) is 2.21. The van der Waals surface area contributed by atoms with E-state index in [-0.39, 0.29) is 0 Å². The van der Waals surface area contributed by atoms with Crippen LogP contribution in [0, 0.1) is 11.8 Å². The third-order valence-electron chi connectivity index (χ3n) is 6.47. The normalized spacial score (nSPS) is 30.1. The molecule has 0 amide bonds. The molecule has 4 rings (SSSR count). The lowest BCUT2D eigenvalue weighted by molar-refractivity contribution is 0.116. The third kappa shape index (κ3) is 3.38. The summed E-state index contributed by atoms with van der Waals surface area (Å²) in [6.45, 7) is 8.46. The van der Waals surface area contributed by atoms with Crippen LogP contribution in [0.5, 0.6) is 0 Å². The van der Waals surface area contributed by atoms with Gasteiger partial charge in [0, 0.05) is 58.5 Å². The summed E-state index contributed by atoms with van der Waals surface area (Å²) < 4.78 is 0. The van der Waals surface area contributed by atoms with E-state index in [4.69, 9.17) is 0 Å². The van der Waals surface area contributed by atoms with Crippen LogP contribution in [0.15, 0.2) is 24.3 Å². The summed E-state index contributed by atoms with van der Waals surface area (Å²) in [5, 5.41) is 9.89. The van der Waals surface area contributed by atoms with Crippen molar-refractivity contribution >= 4 is 0 Å². The molecule has 2 saturated heterocycles. The fraction of sp³-hybridized carbons (Fsp3) is 0.700. The molecule has 0 saturated carbocycles. The fourth-order valence-corrected chi connectivity index (χ4v) is 4.84. The van der Waals surface area contributed by atoms with Gasteiger partial charge in [-0.05, 0) is 42.9 Å². The Morgan fingerprint density at radius 2 is 1.58 bits per heavy atom. The Hall–Kier alpha value is -0.940. The first-order valence-electron chi connectivity index (χ1n) is 9.55. The summed E-state index contributed by atoms with van der Waals surface area (Å²) in [6.07, 6.45) is 2.38. The molecule has 4 heteroatoms. The van der Waals surface area contributed by atoms with Gasteiger partial charge in [0.05, 0.1) is 0 Å². The molecule has 3 aliphatic rings. The molecule has 2 heterocycles. The standard InChI is InChI=1S/C20H31N3O/c1-21-6-8-22(9-7-21)12-18-13-23(14-19(18)15-24)20-10-16-4-2-3-5-17(16)11-20/h2-5,18-20,24H,6-15H2,1H3/t18-,19-/m1/s1. The van der Waals surface area contributed by atoms with Gasteiger partial charge in [0.1, 0.15) is 0 Å². The van der Waals surface area contributed by atoms with Gasteiger partial charge >= 0.3 is 0 Å². The monoisotopic (exact) mass is 329 g/mol. The highest BCUT2D eigenvalue weighted by atomic mass is 16.3. The third-order valence-corrected chi connectivity index (χ3v) is 6.47. The summed E-state index contributed by atoms with van der Waals surface area (Å²) in [4.78, 5) is 7.69. The average molecular weight is 329 g/mol. The number of hydrogen-bond donors (Lipinski definition) is 1. The SMILES string of the molecule is CN1CCN(C[C@@H]2CN(C3Cc4ccccc4C3)C[C@@H]2CO)CC1. The van der Waals surface area contributed by atoms with Crippen molar-refractivity contribution in [2.45, 2.75) is 18.9 Å². The summed E-state index contributed by atoms with van der Waals surface area (Å²) in [5.41, 5.74) is 3.07. The molecule has 0 unspecified atom stereocenters. The first kappa shape index (κ1) is 16.5. The van der Waals surface area contributed by atoms with Gasteiger partial charge in [0.25, 0.3) is 0 Å². The van der Waals surface area contributed by atoms with E-state index in [1.807, 2.05) is 0 Å². The van der Waals surface area contributed by atoms with Crippen LogP contribution in [0.3, 0.4) is 0 Å². The number of aliphatic hydroxyl groups excluding tert-OH is 1. The van der Waals surface area contributed by atoms with Crippen LogP contribution < -0.4 is 0 Å². The number of benzene rings is 1. The predicted molar refractivity (Wildman–Crippen MR) is 97.2 cm³/mol. The summed E-state index contributed by atoms with van der Waals surface area (Å²) in [5.74, 6) is 1.08.